The van der Waals surface area contributed by atoms with Crippen LogP contribution in [0.4, 0.5) is 4.39 Å². The maximum Gasteiger partial charge on any atom is 0.264 e. The molecule has 0 atom stereocenters. The minimum absolute atomic E-state index is 0.0337. The van der Waals surface area contributed by atoms with Crippen LogP contribution in [0.2, 0.25) is 10.0 Å². The first-order valence-corrected chi connectivity index (χ1v) is 7.04. The molecule has 0 aliphatic heterocycles. The highest BCUT2D eigenvalue weighted by Gasteiger charge is 2.10. The number of hydrogen-bond donors (Lipinski definition) is 0. The van der Waals surface area contributed by atoms with Crippen molar-refractivity contribution in [2.45, 2.75) is 6.61 Å². The quantitative estimate of drug-likeness (QED) is 0.687. The van der Waals surface area contributed by atoms with E-state index in [0.717, 1.165) is 5.56 Å². The van der Waals surface area contributed by atoms with Crippen LogP contribution in [0.25, 0.3) is 11.4 Å². The molecule has 0 saturated heterocycles. The molecule has 3 aromatic rings. The third-order valence-corrected chi connectivity index (χ3v) is 3.36. The van der Waals surface area contributed by atoms with Crippen molar-refractivity contribution >= 4 is 23.2 Å². The zero-order valence-corrected chi connectivity index (χ0v) is 12.6. The number of aromatic nitrogens is 2. The van der Waals surface area contributed by atoms with Gasteiger partial charge >= 0.3 is 0 Å². The normalized spacial score (nSPS) is 10.7. The van der Waals surface area contributed by atoms with Gasteiger partial charge in [0.1, 0.15) is 11.6 Å². The lowest BCUT2D eigenvalue weighted by atomic mass is 10.2. The van der Waals surface area contributed by atoms with Gasteiger partial charge in [0.15, 0.2) is 6.61 Å². The largest absolute Gasteiger partial charge is 0.482 e. The van der Waals surface area contributed by atoms with E-state index >= 15 is 0 Å². The number of halogens is 3. The van der Waals surface area contributed by atoms with E-state index in [1.165, 1.54) is 18.2 Å². The van der Waals surface area contributed by atoms with Crippen LogP contribution in [-0.2, 0) is 6.61 Å². The van der Waals surface area contributed by atoms with Crippen molar-refractivity contribution < 1.29 is 13.7 Å². The molecule has 3 rings (SSSR count). The molecule has 4 nitrogen and oxygen atoms in total. The summed E-state index contributed by atoms with van der Waals surface area (Å²) in [5.74, 6) is 0.625. The fourth-order valence-corrected chi connectivity index (χ4v) is 2.11. The summed E-state index contributed by atoms with van der Waals surface area (Å²) in [5, 5.41) is 4.67. The second-order valence-corrected chi connectivity index (χ2v) is 5.23. The van der Waals surface area contributed by atoms with Crippen molar-refractivity contribution in [2.24, 2.45) is 0 Å². The van der Waals surface area contributed by atoms with E-state index in [1.54, 1.807) is 24.3 Å². The first kappa shape index (κ1) is 14.8. The molecule has 0 spiro atoms. The van der Waals surface area contributed by atoms with Crippen LogP contribution in [0.15, 0.2) is 47.0 Å². The zero-order chi connectivity index (χ0) is 15.5. The molecule has 1 aromatic heterocycles. The van der Waals surface area contributed by atoms with Crippen LogP contribution in [-0.4, -0.2) is 10.1 Å². The summed E-state index contributed by atoms with van der Waals surface area (Å²) in [6.45, 7) is 0.0337. The average Bonchev–Trinajstić information content (AvgIpc) is 2.96. The number of hydrogen-bond acceptors (Lipinski definition) is 4. The lowest BCUT2D eigenvalue weighted by molar-refractivity contribution is 0.243. The summed E-state index contributed by atoms with van der Waals surface area (Å²) < 4.78 is 23.5. The smallest absolute Gasteiger partial charge is 0.264 e. The predicted molar refractivity (Wildman–Crippen MR) is 80.5 cm³/mol. The number of benzene rings is 2. The Morgan fingerprint density at radius 2 is 1.86 bits per heavy atom. The van der Waals surface area contributed by atoms with E-state index < -0.39 is 5.82 Å². The maximum atomic E-state index is 12.9. The Hall–Kier alpha value is -2.11. The lowest BCUT2D eigenvalue weighted by Crippen LogP contribution is -1.96. The SMILES string of the molecule is Fc1ccc(OCc2nc(-c3ccc(Cl)cc3)no2)c(Cl)c1. The van der Waals surface area contributed by atoms with Gasteiger partial charge in [0.2, 0.25) is 5.82 Å². The van der Waals surface area contributed by atoms with Gasteiger partial charge in [-0.2, -0.15) is 4.98 Å². The molecule has 0 fully saturated rings. The van der Waals surface area contributed by atoms with E-state index in [9.17, 15) is 4.39 Å². The highest BCUT2D eigenvalue weighted by molar-refractivity contribution is 6.32. The van der Waals surface area contributed by atoms with E-state index in [4.69, 9.17) is 32.5 Å². The van der Waals surface area contributed by atoms with Crippen LogP contribution < -0.4 is 4.74 Å². The van der Waals surface area contributed by atoms with Gasteiger partial charge in [0.25, 0.3) is 5.89 Å². The molecule has 7 heteroatoms. The van der Waals surface area contributed by atoms with Gasteiger partial charge in [0, 0.05) is 10.6 Å². The second-order valence-electron chi connectivity index (χ2n) is 4.38. The topological polar surface area (TPSA) is 48.2 Å². The minimum atomic E-state index is -0.430. The lowest BCUT2D eigenvalue weighted by Gasteiger charge is -2.04. The molecular formula is C15H9Cl2FN2O2. The molecular weight excluding hydrogens is 330 g/mol. The average molecular weight is 339 g/mol. The third kappa shape index (κ3) is 3.37. The van der Waals surface area contributed by atoms with Crippen molar-refractivity contribution in [1.29, 1.82) is 0 Å². The molecule has 2 aromatic carbocycles. The van der Waals surface area contributed by atoms with Gasteiger partial charge in [-0.1, -0.05) is 28.4 Å². The first-order valence-electron chi connectivity index (χ1n) is 6.28. The van der Waals surface area contributed by atoms with Gasteiger partial charge in [-0.05, 0) is 42.5 Å². The molecule has 0 radical (unpaired) electrons. The zero-order valence-electron chi connectivity index (χ0n) is 11.1. The summed E-state index contributed by atoms with van der Waals surface area (Å²) in [7, 11) is 0. The third-order valence-electron chi connectivity index (χ3n) is 2.82. The van der Waals surface area contributed by atoms with Crippen LogP contribution >= 0.6 is 23.2 Å². The number of nitrogens with zero attached hydrogens (tertiary/aromatic N) is 2. The fourth-order valence-electron chi connectivity index (χ4n) is 1.76. The molecule has 0 N–H and O–H groups in total. The van der Waals surface area contributed by atoms with Crippen LogP contribution in [0, 0.1) is 5.82 Å². The maximum absolute atomic E-state index is 12.9. The Kier molecular flexibility index (Phi) is 4.27. The molecule has 0 bridgehead atoms. The van der Waals surface area contributed by atoms with E-state index in [1.807, 2.05) is 0 Å². The summed E-state index contributed by atoms with van der Waals surface area (Å²) >= 11 is 11.7. The van der Waals surface area contributed by atoms with Crippen molar-refractivity contribution in [3.05, 3.63) is 64.2 Å². The van der Waals surface area contributed by atoms with Crippen molar-refractivity contribution in [3.63, 3.8) is 0 Å². The van der Waals surface area contributed by atoms with E-state index in [2.05, 4.69) is 10.1 Å². The molecule has 0 amide bonds. The summed E-state index contributed by atoms with van der Waals surface area (Å²) in [4.78, 5) is 4.21. The van der Waals surface area contributed by atoms with Gasteiger partial charge in [0.05, 0.1) is 5.02 Å². The van der Waals surface area contributed by atoms with Gasteiger partial charge in [-0.25, -0.2) is 4.39 Å². The number of rotatable bonds is 4. The minimum Gasteiger partial charge on any atom is -0.482 e. The Morgan fingerprint density at radius 3 is 2.59 bits per heavy atom. The Bertz CT molecular complexity index is 790. The van der Waals surface area contributed by atoms with Crippen LogP contribution in [0.3, 0.4) is 0 Å². The molecule has 1 heterocycles. The fraction of sp³-hybridized carbons (Fsp3) is 0.0667. The molecule has 22 heavy (non-hydrogen) atoms. The van der Waals surface area contributed by atoms with Crippen molar-refractivity contribution in [3.8, 4) is 17.1 Å². The van der Waals surface area contributed by atoms with Gasteiger partial charge < -0.3 is 9.26 Å². The molecule has 0 aliphatic carbocycles. The summed E-state index contributed by atoms with van der Waals surface area (Å²) in [5.41, 5.74) is 0.777. The molecule has 112 valence electrons. The van der Waals surface area contributed by atoms with Gasteiger partial charge in [-0.3, -0.25) is 0 Å². The summed E-state index contributed by atoms with van der Waals surface area (Å²) in [6, 6.07) is 10.9. The van der Waals surface area contributed by atoms with E-state index in [0.29, 0.717) is 16.6 Å². The second kappa shape index (κ2) is 6.34. The Balaban J connectivity index is 1.70. The van der Waals surface area contributed by atoms with Gasteiger partial charge in [-0.15, -0.1) is 0 Å². The first-order chi connectivity index (χ1) is 10.6. The van der Waals surface area contributed by atoms with Crippen LogP contribution in [0.5, 0.6) is 5.75 Å². The highest BCUT2D eigenvalue weighted by Crippen LogP contribution is 2.26. The van der Waals surface area contributed by atoms with Crippen molar-refractivity contribution in [1.82, 2.24) is 10.1 Å². The Labute approximate surface area is 135 Å². The van der Waals surface area contributed by atoms with Crippen molar-refractivity contribution in [2.75, 3.05) is 0 Å². The highest BCUT2D eigenvalue weighted by atomic mass is 35.5. The van der Waals surface area contributed by atoms with Crippen LogP contribution in [0.1, 0.15) is 5.89 Å². The summed E-state index contributed by atoms with van der Waals surface area (Å²) in [6.07, 6.45) is 0. The molecule has 0 unspecified atom stereocenters. The number of ether oxygens (including phenoxy) is 1. The molecule has 0 saturated carbocycles. The monoisotopic (exact) mass is 338 g/mol. The van der Waals surface area contributed by atoms with E-state index in [-0.39, 0.29) is 17.5 Å². The Morgan fingerprint density at radius 1 is 1.09 bits per heavy atom. The molecule has 0 aliphatic rings. The standard InChI is InChI=1S/C15H9Cl2FN2O2/c16-10-3-1-9(2-4-10)15-19-14(22-20-15)8-21-13-6-5-11(18)7-12(13)17/h1-7H,8H2. The predicted octanol–water partition coefficient (Wildman–Crippen LogP) is 4.76.